The van der Waals surface area contributed by atoms with Crippen LogP contribution in [0.25, 0.3) is 10.4 Å². The smallest absolute Gasteiger partial charge is 0.407 e. The first-order valence-corrected chi connectivity index (χ1v) is 10.5. The number of rotatable bonds is 7. The van der Waals surface area contributed by atoms with Gasteiger partial charge in [0.05, 0.1) is 29.0 Å². The zero-order chi connectivity index (χ0) is 24.5. The molecule has 0 spiro atoms. The molecule has 0 aliphatic heterocycles. The van der Waals surface area contributed by atoms with Gasteiger partial charge < -0.3 is 26.2 Å². The number of primary amides is 1. The van der Waals surface area contributed by atoms with E-state index in [1.54, 1.807) is 18.2 Å². The van der Waals surface area contributed by atoms with Crippen molar-refractivity contribution in [3.63, 3.8) is 0 Å². The lowest BCUT2D eigenvalue weighted by Gasteiger charge is -2.18. The molecule has 0 unspecified atom stereocenters. The molecule has 0 bridgehead atoms. The molecule has 2 heterocycles. The van der Waals surface area contributed by atoms with Crippen LogP contribution < -0.4 is 11.1 Å². The Labute approximate surface area is 192 Å². The maximum atomic E-state index is 14.8. The molecular formula is C22H22F2N4O4S. The lowest BCUT2D eigenvalue weighted by atomic mass is 9.96. The molecule has 0 fully saturated rings. The van der Waals surface area contributed by atoms with E-state index in [4.69, 9.17) is 10.8 Å². The first-order chi connectivity index (χ1) is 15.4. The highest BCUT2D eigenvalue weighted by atomic mass is 32.1. The quantitative estimate of drug-likeness (QED) is 0.403. The maximum absolute atomic E-state index is 14.8. The zero-order valence-corrected chi connectivity index (χ0v) is 18.8. The van der Waals surface area contributed by atoms with Crippen molar-refractivity contribution >= 4 is 34.2 Å². The predicted molar refractivity (Wildman–Crippen MR) is 120 cm³/mol. The van der Waals surface area contributed by atoms with Crippen LogP contribution in [0.2, 0.25) is 0 Å². The van der Waals surface area contributed by atoms with Crippen LogP contribution in [0.3, 0.4) is 0 Å². The molecule has 3 rings (SSSR count). The molecule has 5 N–H and O–H groups in total. The van der Waals surface area contributed by atoms with Crippen LogP contribution in [-0.2, 0) is 12.1 Å². The van der Waals surface area contributed by atoms with Crippen molar-refractivity contribution in [1.29, 1.82) is 0 Å². The highest BCUT2D eigenvalue weighted by molar-refractivity contribution is 7.20. The Balaban J connectivity index is 1.98. The predicted octanol–water partition coefficient (Wildman–Crippen LogP) is 4.27. The van der Waals surface area contributed by atoms with Gasteiger partial charge in [-0.05, 0) is 49.7 Å². The van der Waals surface area contributed by atoms with E-state index in [-0.39, 0.29) is 33.1 Å². The number of nitrogens with one attached hydrogen (secondary N) is 1. The number of aromatic nitrogens is 1. The number of pyridine rings is 1. The van der Waals surface area contributed by atoms with E-state index in [0.717, 1.165) is 28.4 Å². The van der Waals surface area contributed by atoms with Crippen molar-refractivity contribution in [2.24, 2.45) is 5.73 Å². The standard InChI is InChI=1S/C22H22F2N4O4S/c1-22(2,32)11-7-14(23)18(15(24)8-11)16-9-13(19(25)29)20(33-16)27-17-6-4-5-12(26-17)10-28(3)21(30)31/h4-9,32H,10H2,1-3H3,(H2,25,29)(H,26,27)(H,30,31). The van der Waals surface area contributed by atoms with E-state index in [1.165, 1.54) is 27.0 Å². The number of aliphatic hydroxyl groups is 1. The molecule has 2 amide bonds. The number of anilines is 2. The fourth-order valence-corrected chi connectivity index (χ4v) is 4.13. The highest BCUT2D eigenvalue weighted by Gasteiger charge is 2.24. The van der Waals surface area contributed by atoms with E-state index in [1.807, 2.05) is 0 Å². The normalized spacial score (nSPS) is 11.3. The molecule has 0 aliphatic rings. The number of benzene rings is 1. The first kappa shape index (κ1) is 24.1. The number of nitrogens with two attached hydrogens (primary N) is 1. The summed E-state index contributed by atoms with van der Waals surface area (Å²) >= 11 is 0.903. The van der Waals surface area contributed by atoms with Gasteiger partial charge in [-0.2, -0.15) is 0 Å². The number of carbonyl (C=O) groups excluding carboxylic acids is 1. The minimum atomic E-state index is -1.44. The van der Waals surface area contributed by atoms with Gasteiger partial charge in [-0.15, -0.1) is 11.3 Å². The van der Waals surface area contributed by atoms with Crippen LogP contribution >= 0.6 is 11.3 Å². The molecular weight excluding hydrogens is 454 g/mol. The second-order valence-corrected chi connectivity index (χ2v) is 8.92. The van der Waals surface area contributed by atoms with Crippen LogP contribution in [0.15, 0.2) is 36.4 Å². The van der Waals surface area contributed by atoms with Crippen molar-refractivity contribution < 1.29 is 28.6 Å². The Morgan fingerprint density at radius 1 is 1.21 bits per heavy atom. The largest absolute Gasteiger partial charge is 0.465 e. The lowest BCUT2D eigenvalue weighted by Crippen LogP contribution is -2.24. The van der Waals surface area contributed by atoms with Gasteiger partial charge in [0.25, 0.3) is 5.91 Å². The van der Waals surface area contributed by atoms with Crippen LogP contribution in [0, 0.1) is 11.6 Å². The Kier molecular flexibility index (Phi) is 6.65. The van der Waals surface area contributed by atoms with Gasteiger partial charge in [-0.25, -0.2) is 18.6 Å². The van der Waals surface area contributed by atoms with E-state index >= 15 is 0 Å². The summed E-state index contributed by atoms with van der Waals surface area (Å²) < 4.78 is 29.6. The number of carbonyl (C=O) groups is 2. The molecule has 33 heavy (non-hydrogen) atoms. The minimum absolute atomic E-state index is 0.00946. The van der Waals surface area contributed by atoms with Crippen LogP contribution in [0.4, 0.5) is 24.4 Å². The number of nitrogens with zero attached hydrogens (tertiary/aromatic N) is 2. The molecule has 11 heteroatoms. The van der Waals surface area contributed by atoms with Gasteiger partial charge >= 0.3 is 6.09 Å². The summed E-state index contributed by atoms with van der Waals surface area (Å²) in [6, 6.07) is 8.23. The summed E-state index contributed by atoms with van der Waals surface area (Å²) in [5.41, 5.74) is 4.19. The second kappa shape index (κ2) is 9.12. The number of hydrogen-bond donors (Lipinski definition) is 4. The fraction of sp³-hybridized carbons (Fsp3) is 0.227. The number of halogens is 2. The Morgan fingerprint density at radius 2 is 1.85 bits per heavy atom. The van der Waals surface area contributed by atoms with Gasteiger partial charge in [0, 0.05) is 11.9 Å². The molecule has 174 valence electrons. The van der Waals surface area contributed by atoms with Gasteiger partial charge in [0.2, 0.25) is 0 Å². The molecule has 0 atom stereocenters. The Bertz CT molecular complexity index is 1200. The van der Waals surface area contributed by atoms with Gasteiger partial charge in [0.15, 0.2) is 0 Å². The van der Waals surface area contributed by atoms with Crippen molar-refractivity contribution in [3.8, 4) is 10.4 Å². The summed E-state index contributed by atoms with van der Waals surface area (Å²) in [4.78, 5) is 28.5. The third kappa shape index (κ3) is 5.44. The third-order valence-corrected chi connectivity index (χ3v) is 5.83. The van der Waals surface area contributed by atoms with Gasteiger partial charge in [0.1, 0.15) is 22.5 Å². The molecule has 3 aromatic rings. The van der Waals surface area contributed by atoms with Crippen molar-refractivity contribution in [3.05, 3.63) is 64.9 Å². The van der Waals surface area contributed by atoms with Gasteiger partial charge in [-0.3, -0.25) is 4.79 Å². The first-order valence-electron chi connectivity index (χ1n) is 9.69. The number of amides is 2. The molecule has 0 radical (unpaired) electrons. The summed E-state index contributed by atoms with van der Waals surface area (Å²) in [7, 11) is 1.40. The summed E-state index contributed by atoms with van der Waals surface area (Å²) in [5.74, 6) is -2.31. The maximum Gasteiger partial charge on any atom is 0.407 e. The average Bonchev–Trinajstić information content (AvgIpc) is 3.10. The van der Waals surface area contributed by atoms with E-state index < -0.39 is 29.2 Å². The Hall–Kier alpha value is -3.57. The minimum Gasteiger partial charge on any atom is -0.465 e. The molecule has 2 aromatic heterocycles. The zero-order valence-electron chi connectivity index (χ0n) is 18.0. The SMILES string of the molecule is CN(Cc1cccc(Nc2sc(-c3c(F)cc(C(C)(C)O)cc3F)cc2C(N)=O)n1)C(=O)O. The van der Waals surface area contributed by atoms with Gasteiger partial charge in [-0.1, -0.05) is 6.07 Å². The highest BCUT2D eigenvalue weighted by Crippen LogP contribution is 2.40. The van der Waals surface area contributed by atoms with E-state index in [2.05, 4.69) is 10.3 Å². The molecule has 0 saturated carbocycles. The fourth-order valence-electron chi connectivity index (χ4n) is 3.02. The average molecular weight is 477 g/mol. The monoisotopic (exact) mass is 476 g/mol. The number of hydrogen-bond acceptors (Lipinski definition) is 6. The number of carboxylic acid groups (broad SMARTS) is 1. The molecule has 0 saturated heterocycles. The van der Waals surface area contributed by atoms with Crippen LogP contribution in [0.5, 0.6) is 0 Å². The summed E-state index contributed by atoms with van der Waals surface area (Å²) in [6.07, 6.45) is -1.12. The molecule has 1 aromatic carbocycles. The van der Waals surface area contributed by atoms with Crippen molar-refractivity contribution in [2.75, 3.05) is 12.4 Å². The third-order valence-electron chi connectivity index (χ3n) is 4.77. The topological polar surface area (TPSA) is 129 Å². The van der Waals surface area contributed by atoms with Crippen molar-refractivity contribution in [2.45, 2.75) is 26.0 Å². The Morgan fingerprint density at radius 3 is 2.39 bits per heavy atom. The van der Waals surface area contributed by atoms with Crippen molar-refractivity contribution in [1.82, 2.24) is 9.88 Å². The van der Waals surface area contributed by atoms with Crippen LogP contribution in [-0.4, -0.2) is 39.1 Å². The van der Waals surface area contributed by atoms with Crippen LogP contribution in [0.1, 0.15) is 35.5 Å². The lowest BCUT2D eigenvalue weighted by molar-refractivity contribution is 0.0778. The summed E-state index contributed by atoms with van der Waals surface area (Å²) in [5, 5.41) is 22.2. The molecule has 8 nitrogen and oxygen atoms in total. The van der Waals surface area contributed by atoms with E-state index in [9.17, 15) is 23.5 Å². The molecule has 0 aliphatic carbocycles. The summed E-state index contributed by atoms with van der Waals surface area (Å²) in [6.45, 7) is 2.86. The van der Waals surface area contributed by atoms with E-state index in [0.29, 0.717) is 11.5 Å². The number of thiophene rings is 1. The second-order valence-electron chi connectivity index (χ2n) is 7.87.